The van der Waals surface area contributed by atoms with Gasteiger partial charge >= 0.3 is 0 Å². The van der Waals surface area contributed by atoms with Crippen molar-refractivity contribution in [2.24, 2.45) is 4.99 Å². The van der Waals surface area contributed by atoms with Crippen molar-refractivity contribution in [2.45, 2.75) is 10.3 Å². The van der Waals surface area contributed by atoms with E-state index in [9.17, 15) is 18.0 Å². The Balaban J connectivity index is 1.68. The monoisotopic (exact) mass is 498 g/mol. The number of aliphatic imine (C=N–C) groups is 1. The van der Waals surface area contributed by atoms with Crippen molar-refractivity contribution in [3.05, 3.63) is 77.9 Å². The van der Waals surface area contributed by atoms with Crippen molar-refractivity contribution in [3.8, 4) is 11.5 Å². The highest BCUT2D eigenvalue weighted by atomic mass is 35.5. The van der Waals surface area contributed by atoms with Gasteiger partial charge in [-0.05, 0) is 36.4 Å². The predicted octanol–water partition coefficient (Wildman–Crippen LogP) is 4.26. The molecule has 1 atom stereocenters. The van der Waals surface area contributed by atoms with E-state index in [1.54, 1.807) is 42.5 Å². The fourth-order valence-corrected chi connectivity index (χ4v) is 4.95. The first-order valence-corrected chi connectivity index (χ1v) is 11.9. The molecule has 0 aromatic heterocycles. The summed E-state index contributed by atoms with van der Waals surface area (Å²) in [6, 6.07) is 16.8. The lowest BCUT2D eigenvalue weighted by Gasteiger charge is -2.20. The van der Waals surface area contributed by atoms with Gasteiger partial charge in [-0.2, -0.15) is 0 Å². The van der Waals surface area contributed by atoms with Crippen molar-refractivity contribution in [3.63, 3.8) is 0 Å². The van der Waals surface area contributed by atoms with E-state index in [2.05, 4.69) is 9.71 Å². The number of carbonyl (C=O) groups excluding carboxylic acids is 2. The van der Waals surface area contributed by atoms with E-state index >= 15 is 0 Å². The van der Waals surface area contributed by atoms with Gasteiger partial charge in [-0.15, -0.1) is 11.6 Å². The molecule has 0 heterocycles. The number of ether oxygens (including phenoxy) is 2. The number of alkyl halides is 1. The molecule has 1 aliphatic carbocycles. The Hall–Kier alpha value is -3.69. The molecule has 4 rings (SSSR count). The molecule has 3 aromatic rings. The summed E-state index contributed by atoms with van der Waals surface area (Å²) in [5.41, 5.74) is 0.871. The summed E-state index contributed by atoms with van der Waals surface area (Å²) in [7, 11) is -1.18. The molecule has 8 nitrogen and oxygen atoms in total. The SMILES string of the molecule is COc1ccc(NS(=O)(=O)c2ccc(N=C3C(=O)c4ccccc4C(=O)C3Cl)cc2OC)cc1. The largest absolute Gasteiger partial charge is 0.497 e. The van der Waals surface area contributed by atoms with Crippen molar-refractivity contribution >= 4 is 50.3 Å². The van der Waals surface area contributed by atoms with Crippen molar-refractivity contribution in [2.75, 3.05) is 18.9 Å². The molecule has 0 saturated carbocycles. The van der Waals surface area contributed by atoms with Gasteiger partial charge in [0.05, 0.1) is 19.9 Å². The number of benzene rings is 3. The first-order chi connectivity index (χ1) is 16.2. The van der Waals surface area contributed by atoms with Crippen LogP contribution in [0.4, 0.5) is 11.4 Å². The zero-order valence-electron chi connectivity index (χ0n) is 18.1. The molecule has 0 aliphatic heterocycles. The third-order valence-electron chi connectivity index (χ3n) is 5.17. The van der Waals surface area contributed by atoms with Gasteiger partial charge in [0, 0.05) is 22.9 Å². The summed E-state index contributed by atoms with van der Waals surface area (Å²) in [5, 5.41) is -1.26. The minimum atomic E-state index is -4.01. The van der Waals surface area contributed by atoms with Gasteiger partial charge < -0.3 is 9.47 Å². The average molecular weight is 499 g/mol. The van der Waals surface area contributed by atoms with Gasteiger partial charge in [0.15, 0.2) is 5.78 Å². The van der Waals surface area contributed by atoms with Crippen LogP contribution in [0.3, 0.4) is 0 Å². The molecule has 0 saturated heterocycles. The minimum absolute atomic E-state index is 0.00368. The number of hydrogen-bond acceptors (Lipinski definition) is 7. The van der Waals surface area contributed by atoms with Crippen LogP contribution in [-0.2, 0) is 10.0 Å². The number of ketones is 2. The second-order valence-corrected chi connectivity index (χ2v) is 9.35. The van der Waals surface area contributed by atoms with Crippen LogP contribution >= 0.6 is 11.6 Å². The molecule has 0 spiro atoms. The lowest BCUT2D eigenvalue weighted by molar-refractivity contribution is 0.0968. The number of Topliss-reactive ketones (excluding diaryl/α,β-unsaturated/α-hetero) is 2. The summed E-state index contributed by atoms with van der Waals surface area (Å²) in [6.45, 7) is 0. The second-order valence-electron chi connectivity index (χ2n) is 7.27. The van der Waals surface area contributed by atoms with E-state index in [1.165, 1.54) is 38.5 Å². The van der Waals surface area contributed by atoms with Crippen LogP contribution in [0.15, 0.2) is 76.6 Å². The molecular weight excluding hydrogens is 480 g/mol. The van der Waals surface area contributed by atoms with E-state index < -0.39 is 27.0 Å². The Morgan fingerprint density at radius 1 is 0.912 bits per heavy atom. The van der Waals surface area contributed by atoms with E-state index in [4.69, 9.17) is 21.1 Å². The normalized spacial score (nSPS) is 16.8. The summed E-state index contributed by atoms with van der Waals surface area (Å²) in [4.78, 5) is 29.6. The maximum atomic E-state index is 12.9. The maximum Gasteiger partial charge on any atom is 0.265 e. The van der Waals surface area contributed by atoms with Crippen molar-refractivity contribution in [1.29, 1.82) is 0 Å². The fraction of sp³-hybridized carbons (Fsp3) is 0.125. The number of sulfonamides is 1. The average Bonchev–Trinajstić information content (AvgIpc) is 2.85. The summed E-state index contributed by atoms with van der Waals surface area (Å²) in [6.07, 6.45) is 0. The van der Waals surface area contributed by atoms with Crippen LogP contribution in [-0.4, -0.2) is 45.3 Å². The number of rotatable bonds is 6. The fourth-order valence-electron chi connectivity index (χ4n) is 3.47. The summed E-state index contributed by atoms with van der Waals surface area (Å²) >= 11 is 6.25. The molecule has 0 bridgehead atoms. The van der Waals surface area contributed by atoms with Gasteiger partial charge in [0.25, 0.3) is 10.0 Å². The highest BCUT2D eigenvalue weighted by Gasteiger charge is 2.37. The van der Waals surface area contributed by atoms with Gasteiger partial charge in [0.2, 0.25) is 5.78 Å². The lowest BCUT2D eigenvalue weighted by atomic mass is 9.88. The highest BCUT2D eigenvalue weighted by molar-refractivity contribution is 7.92. The van der Waals surface area contributed by atoms with Crippen molar-refractivity contribution < 1.29 is 27.5 Å². The third kappa shape index (κ3) is 4.40. The predicted molar refractivity (Wildman–Crippen MR) is 129 cm³/mol. The van der Waals surface area contributed by atoms with Crippen molar-refractivity contribution in [1.82, 2.24) is 0 Å². The molecule has 1 N–H and O–H groups in total. The van der Waals surface area contributed by atoms with Crippen LogP contribution in [0.5, 0.6) is 11.5 Å². The summed E-state index contributed by atoms with van der Waals surface area (Å²) < 4.78 is 38.7. The number of hydrogen-bond donors (Lipinski definition) is 1. The first kappa shape index (κ1) is 23.5. The molecule has 1 unspecified atom stereocenters. The maximum absolute atomic E-state index is 12.9. The van der Waals surface area contributed by atoms with E-state index in [0.717, 1.165) is 0 Å². The number of nitrogens with zero attached hydrogens (tertiary/aromatic N) is 1. The second kappa shape index (κ2) is 9.28. The van der Waals surface area contributed by atoms with E-state index in [-0.39, 0.29) is 33.2 Å². The van der Waals surface area contributed by atoms with Crippen LogP contribution in [0.2, 0.25) is 0 Å². The molecule has 34 heavy (non-hydrogen) atoms. The molecule has 1 aliphatic rings. The number of carbonyl (C=O) groups is 2. The smallest absolute Gasteiger partial charge is 0.265 e. The van der Waals surface area contributed by atoms with Gasteiger partial charge in [-0.1, -0.05) is 24.3 Å². The Labute approximate surface area is 201 Å². The van der Waals surface area contributed by atoms with E-state index in [0.29, 0.717) is 11.4 Å². The zero-order valence-corrected chi connectivity index (χ0v) is 19.7. The lowest BCUT2D eigenvalue weighted by Crippen LogP contribution is -2.37. The Kier molecular flexibility index (Phi) is 6.41. The van der Waals surface area contributed by atoms with Crippen LogP contribution in [0.1, 0.15) is 20.7 Å². The molecule has 0 radical (unpaired) electrons. The quantitative estimate of drug-likeness (QED) is 0.508. The molecule has 174 valence electrons. The Morgan fingerprint density at radius 3 is 2.24 bits per heavy atom. The first-order valence-electron chi connectivity index (χ1n) is 10.0. The van der Waals surface area contributed by atoms with Gasteiger partial charge in [-0.25, -0.2) is 13.4 Å². The number of nitrogens with one attached hydrogen (secondary N) is 1. The molecule has 0 amide bonds. The molecular formula is C24H19ClN2O6S. The van der Waals surface area contributed by atoms with Crippen LogP contribution in [0.25, 0.3) is 0 Å². The number of anilines is 1. The minimum Gasteiger partial charge on any atom is -0.497 e. The standard InChI is InChI=1S/C24H19ClN2O6S/c1-32-16-10-7-14(8-11-16)27-34(30,31)20-12-9-15(13-19(20)33-2)26-22-21(25)23(28)17-5-3-4-6-18(17)24(22)29/h3-13,21,27H,1-2H3. The Morgan fingerprint density at radius 2 is 1.59 bits per heavy atom. The summed E-state index contributed by atoms with van der Waals surface area (Å²) in [5.74, 6) is -0.304. The topological polar surface area (TPSA) is 111 Å². The Bertz CT molecular complexity index is 1420. The van der Waals surface area contributed by atoms with Crippen LogP contribution < -0.4 is 14.2 Å². The molecule has 3 aromatic carbocycles. The van der Waals surface area contributed by atoms with E-state index in [1.807, 2.05) is 0 Å². The third-order valence-corrected chi connectivity index (χ3v) is 6.99. The molecule has 10 heteroatoms. The number of methoxy groups -OCH3 is 2. The number of fused-ring (bicyclic) bond motifs is 1. The van der Waals surface area contributed by atoms with Gasteiger partial charge in [-0.3, -0.25) is 14.3 Å². The van der Waals surface area contributed by atoms with Gasteiger partial charge in [0.1, 0.15) is 27.5 Å². The number of halogens is 1. The van der Waals surface area contributed by atoms with Crippen LogP contribution in [0, 0.1) is 0 Å². The zero-order chi connectivity index (χ0) is 24.5. The highest BCUT2D eigenvalue weighted by Crippen LogP contribution is 2.32. The molecule has 0 fully saturated rings.